The van der Waals surface area contributed by atoms with Crippen LogP contribution in [0.25, 0.3) is 0 Å². The first-order valence-electron chi connectivity index (χ1n) is 8.87. The molecule has 2 heterocycles. The zero-order valence-electron chi connectivity index (χ0n) is 13.9. The fourth-order valence-electron chi connectivity index (χ4n) is 3.51. The largest absolute Gasteiger partial charge is 0.341 e. The van der Waals surface area contributed by atoms with E-state index in [9.17, 15) is 4.79 Å². The van der Waals surface area contributed by atoms with E-state index in [2.05, 4.69) is 22.2 Å². The van der Waals surface area contributed by atoms with Crippen molar-refractivity contribution in [1.29, 1.82) is 0 Å². The highest BCUT2D eigenvalue weighted by molar-refractivity contribution is 5.81. The zero-order chi connectivity index (χ0) is 15.1. The van der Waals surface area contributed by atoms with Crippen LogP contribution in [0.1, 0.15) is 51.9 Å². The first-order chi connectivity index (χ1) is 10.2. The Morgan fingerprint density at radius 1 is 1.10 bits per heavy atom. The number of nitrogens with zero attached hydrogens (tertiary/aromatic N) is 2. The first kappa shape index (κ1) is 16.8. The molecule has 0 aliphatic carbocycles. The zero-order valence-corrected chi connectivity index (χ0v) is 13.9. The van der Waals surface area contributed by atoms with Crippen molar-refractivity contribution in [2.24, 2.45) is 5.92 Å². The van der Waals surface area contributed by atoms with Crippen molar-refractivity contribution >= 4 is 5.91 Å². The Bertz CT molecular complexity index is 305. The Labute approximate surface area is 130 Å². The summed E-state index contributed by atoms with van der Waals surface area (Å²) in [5.41, 5.74) is 0. The second-order valence-electron chi connectivity index (χ2n) is 6.95. The minimum Gasteiger partial charge on any atom is -0.341 e. The molecule has 0 aromatic carbocycles. The number of hydrogen-bond donors (Lipinski definition) is 1. The van der Waals surface area contributed by atoms with Crippen LogP contribution in [0.4, 0.5) is 0 Å². The summed E-state index contributed by atoms with van der Waals surface area (Å²) in [6.07, 6.45) is 8.75. The van der Waals surface area contributed by atoms with Crippen LogP contribution < -0.4 is 5.32 Å². The standard InChI is InChI=1S/C17H33N3O/c1-15(17(21)20-11-5-3-4-6-12-20)18-10-7-16-8-13-19(2)14-9-16/h15-16,18H,3-14H2,1-2H3. The predicted molar refractivity (Wildman–Crippen MR) is 87.4 cm³/mol. The van der Waals surface area contributed by atoms with Gasteiger partial charge >= 0.3 is 0 Å². The summed E-state index contributed by atoms with van der Waals surface area (Å²) in [6.45, 7) is 7.39. The van der Waals surface area contributed by atoms with Crippen molar-refractivity contribution in [2.45, 2.75) is 57.9 Å². The van der Waals surface area contributed by atoms with Crippen molar-refractivity contribution in [2.75, 3.05) is 39.8 Å². The van der Waals surface area contributed by atoms with E-state index in [1.165, 1.54) is 58.0 Å². The second-order valence-corrected chi connectivity index (χ2v) is 6.95. The molecule has 2 aliphatic rings. The summed E-state index contributed by atoms with van der Waals surface area (Å²) in [4.78, 5) is 16.9. The molecular formula is C17H33N3O. The van der Waals surface area contributed by atoms with E-state index in [0.717, 1.165) is 25.6 Å². The van der Waals surface area contributed by atoms with Gasteiger partial charge in [-0.15, -0.1) is 0 Å². The molecule has 4 heteroatoms. The van der Waals surface area contributed by atoms with Crippen molar-refractivity contribution < 1.29 is 4.79 Å². The van der Waals surface area contributed by atoms with Gasteiger partial charge in [0.05, 0.1) is 6.04 Å². The van der Waals surface area contributed by atoms with Gasteiger partial charge in [0.1, 0.15) is 0 Å². The Balaban J connectivity index is 1.64. The van der Waals surface area contributed by atoms with Gasteiger partial charge < -0.3 is 15.1 Å². The van der Waals surface area contributed by atoms with Gasteiger partial charge in [-0.05, 0) is 71.6 Å². The van der Waals surface area contributed by atoms with Crippen LogP contribution in [-0.2, 0) is 4.79 Å². The molecule has 21 heavy (non-hydrogen) atoms. The summed E-state index contributed by atoms with van der Waals surface area (Å²) >= 11 is 0. The average Bonchev–Trinajstić information content (AvgIpc) is 2.77. The summed E-state index contributed by atoms with van der Waals surface area (Å²) in [6, 6.07) is -0.0191. The molecule has 2 fully saturated rings. The van der Waals surface area contributed by atoms with Gasteiger partial charge in [0.2, 0.25) is 5.91 Å². The average molecular weight is 295 g/mol. The lowest BCUT2D eigenvalue weighted by Gasteiger charge is -2.29. The van der Waals surface area contributed by atoms with Gasteiger partial charge in [0, 0.05) is 13.1 Å². The Morgan fingerprint density at radius 2 is 1.71 bits per heavy atom. The number of carbonyl (C=O) groups is 1. The SMILES string of the molecule is CC(NCCC1CCN(C)CC1)C(=O)N1CCCCCC1. The fraction of sp³-hybridized carbons (Fsp3) is 0.941. The number of nitrogens with one attached hydrogen (secondary N) is 1. The van der Waals surface area contributed by atoms with Crippen molar-refractivity contribution in [3.8, 4) is 0 Å². The van der Waals surface area contributed by atoms with Crippen LogP contribution in [0.3, 0.4) is 0 Å². The molecule has 122 valence electrons. The summed E-state index contributed by atoms with van der Waals surface area (Å²) in [7, 11) is 2.20. The van der Waals surface area contributed by atoms with Crippen LogP contribution in [-0.4, -0.2) is 61.5 Å². The third kappa shape index (κ3) is 5.59. The van der Waals surface area contributed by atoms with E-state index in [0.29, 0.717) is 5.91 Å². The van der Waals surface area contributed by atoms with Crippen LogP contribution in [0.5, 0.6) is 0 Å². The maximum absolute atomic E-state index is 12.4. The molecule has 0 radical (unpaired) electrons. The molecule has 0 aromatic heterocycles. The number of hydrogen-bond acceptors (Lipinski definition) is 3. The molecule has 2 aliphatic heterocycles. The minimum absolute atomic E-state index is 0.0191. The summed E-state index contributed by atoms with van der Waals surface area (Å²) in [5.74, 6) is 1.15. The third-order valence-electron chi connectivity index (χ3n) is 5.13. The number of amides is 1. The van der Waals surface area contributed by atoms with Gasteiger partial charge in [-0.2, -0.15) is 0 Å². The van der Waals surface area contributed by atoms with Crippen LogP contribution in [0.2, 0.25) is 0 Å². The molecule has 0 aromatic rings. The fourth-order valence-corrected chi connectivity index (χ4v) is 3.51. The molecule has 0 bridgehead atoms. The van der Waals surface area contributed by atoms with E-state index in [1.807, 2.05) is 6.92 Å². The van der Waals surface area contributed by atoms with E-state index in [4.69, 9.17) is 0 Å². The van der Waals surface area contributed by atoms with E-state index >= 15 is 0 Å². The highest BCUT2D eigenvalue weighted by Crippen LogP contribution is 2.18. The Morgan fingerprint density at radius 3 is 2.33 bits per heavy atom. The van der Waals surface area contributed by atoms with Gasteiger partial charge in [0.15, 0.2) is 0 Å². The van der Waals surface area contributed by atoms with Crippen LogP contribution in [0, 0.1) is 5.92 Å². The Kier molecular flexibility index (Phi) is 6.97. The number of piperidine rings is 1. The normalized spacial score (nSPS) is 23.8. The molecule has 0 spiro atoms. The van der Waals surface area contributed by atoms with Crippen molar-refractivity contribution in [3.63, 3.8) is 0 Å². The Hall–Kier alpha value is -0.610. The van der Waals surface area contributed by atoms with Crippen molar-refractivity contribution in [1.82, 2.24) is 15.1 Å². The van der Waals surface area contributed by atoms with Gasteiger partial charge in [-0.1, -0.05) is 12.8 Å². The topological polar surface area (TPSA) is 35.6 Å². The molecule has 2 rings (SSSR count). The van der Waals surface area contributed by atoms with Gasteiger partial charge in [-0.3, -0.25) is 4.79 Å². The molecule has 1 amide bonds. The molecule has 4 nitrogen and oxygen atoms in total. The lowest BCUT2D eigenvalue weighted by Crippen LogP contribution is -2.45. The lowest BCUT2D eigenvalue weighted by molar-refractivity contribution is -0.133. The summed E-state index contributed by atoms with van der Waals surface area (Å²) < 4.78 is 0. The molecule has 2 saturated heterocycles. The van der Waals surface area contributed by atoms with Crippen LogP contribution >= 0.6 is 0 Å². The van der Waals surface area contributed by atoms with Crippen LogP contribution in [0.15, 0.2) is 0 Å². The number of likely N-dealkylation sites (tertiary alicyclic amines) is 2. The van der Waals surface area contributed by atoms with Gasteiger partial charge in [0.25, 0.3) is 0 Å². The third-order valence-corrected chi connectivity index (χ3v) is 5.13. The first-order valence-corrected chi connectivity index (χ1v) is 8.87. The predicted octanol–water partition coefficient (Wildman–Crippen LogP) is 2.10. The second kappa shape index (κ2) is 8.74. The highest BCUT2D eigenvalue weighted by Gasteiger charge is 2.21. The van der Waals surface area contributed by atoms with E-state index < -0.39 is 0 Å². The minimum atomic E-state index is -0.0191. The smallest absolute Gasteiger partial charge is 0.239 e. The molecular weight excluding hydrogens is 262 g/mol. The number of carbonyl (C=O) groups excluding carboxylic acids is 1. The monoisotopic (exact) mass is 295 g/mol. The van der Waals surface area contributed by atoms with E-state index in [-0.39, 0.29) is 6.04 Å². The molecule has 0 saturated carbocycles. The lowest BCUT2D eigenvalue weighted by atomic mass is 9.94. The summed E-state index contributed by atoms with van der Waals surface area (Å²) in [5, 5.41) is 3.45. The maximum Gasteiger partial charge on any atom is 0.239 e. The molecule has 1 N–H and O–H groups in total. The highest BCUT2D eigenvalue weighted by atomic mass is 16.2. The van der Waals surface area contributed by atoms with Gasteiger partial charge in [-0.25, -0.2) is 0 Å². The van der Waals surface area contributed by atoms with Crippen molar-refractivity contribution in [3.05, 3.63) is 0 Å². The molecule has 1 atom stereocenters. The van der Waals surface area contributed by atoms with E-state index in [1.54, 1.807) is 0 Å². The number of rotatable bonds is 5. The maximum atomic E-state index is 12.4. The quantitative estimate of drug-likeness (QED) is 0.844. The molecule has 1 unspecified atom stereocenters.